The van der Waals surface area contributed by atoms with Gasteiger partial charge in [-0.05, 0) is 49.9 Å². The number of aliphatic hydroxyl groups excluding tert-OH is 1. The van der Waals surface area contributed by atoms with E-state index in [1.165, 1.54) is 12.1 Å². The number of hydrogen-bond donors (Lipinski definition) is 1. The van der Waals surface area contributed by atoms with Crippen LogP contribution in [0, 0.1) is 0 Å². The first-order valence-electron chi connectivity index (χ1n) is 6.96. The quantitative estimate of drug-likeness (QED) is 0.875. The number of rotatable bonds is 6. The lowest BCUT2D eigenvalue weighted by Crippen LogP contribution is -2.29. The summed E-state index contributed by atoms with van der Waals surface area (Å²) in [5, 5.41) is 8.91. The van der Waals surface area contributed by atoms with Crippen LogP contribution in [0.1, 0.15) is 25.7 Å². The Bertz CT molecular complexity index is 560. The number of anilines is 1. The molecule has 0 aliphatic carbocycles. The maximum atomic E-state index is 12.5. The molecule has 0 saturated carbocycles. The molecule has 0 aromatic heterocycles. The van der Waals surface area contributed by atoms with Crippen LogP contribution in [0.3, 0.4) is 0 Å². The molecule has 1 aromatic rings. The maximum absolute atomic E-state index is 12.5. The molecule has 1 atom stereocenters. The van der Waals surface area contributed by atoms with Gasteiger partial charge in [0.1, 0.15) is 0 Å². The monoisotopic (exact) mass is 319 g/mol. The first-order chi connectivity index (χ1) is 9.96. The van der Waals surface area contributed by atoms with Crippen LogP contribution in [0.5, 0.6) is 0 Å². The molecule has 0 spiro atoms. The van der Waals surface area contributed by atoms with E-state index in [-0.39, 0.29) is 11.5 Å². The van der Waals surface area contributed by atoms with Gasteiger partial charge in [-0.1, -0.05) is 0 Å². The first-order valence-corrected chi connectivity index (χ1v) is 8.51. The molecule has 2 rings (SSSR count). The molecule has 1 aliphatic rings. The van der Waals surface area contributed by atoms with Crippen LogP contribution >= 0.6 is 0 Å². The van der Waals surface area contributed by atoms with Crippen molar-refractivity contribution in [1.29, 1.82) is 0 Å². The van der Waals surface area contributed by atoms with Crippen molar-refractivity contribution < 1.29 is 22.3 Å². The van der Waals surface area contributed by atoms with Crippen LogP contribution in [-0.4, -0.2) is 38.5 Å². The molecule has 1 heterocycles. The van der Waals surface area contributed by atoms with Crippen molar-refractivity contribution in [3.05, 3.63) is 24.3 Å². The fraction of sp³-hybridized carbons (Fsp3) is 0.571. The summed E-state index contributed by atoms with van der Waals surface area (Å²) < 4.78 is 47.7. The van der Waals surface area contributed by atoms with E-state index in [1.54, 1.807) is 12.1 Å². The van der Waals surface area contributed by atoms with Crippen LogP contribution in [0.15, 0.2) is 29.2 Å². The summed E-state index contributed by atoms with van der Waals surface area (Å²) in [7, 11) is -4.53. The van der Waals surface area contributed by atoms with Gasteiger partial charge in [-0.15, -0.1) is 0 Å². The van der Waals surface area contributed by atoms with Gasteiger partial charge in [0.15, 0.2) is 0 Å². The lowest BCUT2D eigenvalue weighted by atomic mass is 10.1. The van der Waals surface area contributed by atoms with Gasteiger partial charge >= 0.3 is 5.76 Å². The molecular weight excluding hydrogens is 300 g/mol. The average Bonchev–Trinajstić information content (AvgIpc) is 2.93. The summed E-state index contributed by atoms with van der Waals surface area (Å²) in [5.41, 5.74) is 0.837. The van der Waals surface area contributed by atoms with E-state index in [2.05, 4.69) is 4.90 Å². The second kappa shape index (κ2) is 6.70. The highest BCUT2D eigenvalue weighted by Gasteiger charge is 2.28. The number of aliphatic hydroxyl groups is 1. The van der Waals surface area contributed by atoms with Gasteiger partial charge in [-0.3, -0.25) is 0 Å². The van der Waals surface area contributed by atoms with Crippen molar-refractivity contribution >= 4 is 15.5 Å². The van der Waals surface area contributed by atoms with E-state index in [0.717, 1.165) is 37.9 Å². The van der Waals surface area contributed by atoms with Gasteiger partial charge in [-0.2, -0.15) is 8.78 Å². The van der Waals surface area contributed by atoms with E-state index < -0.39 is 15.6 Å². The van der Waals surface area contributed by atoms with Crippen LogP contribution in [0.4, 0.5) is 14.5 Å². The molecule has 1 aliphatic heterocycles. The summed E-state index contributed by atoms with van der Waals surface area (Å²) in [5.74, 6) is -3.40. The highest BCUT2D eigenvalue weighted by atomic mass is 32.2. The third-order valence-electron chi connectivity index (χ3n) is 3.80. The zero-order valence-corrected chi connectivity index (χ0v) is 12.4. The van der Waals surface area contributed by atoms with Crippen LogP contribution < -0.4 is 4.90 Å². The zero-order valence-electron chi connectivity index (χ0n) is 11.6. The standard InChI is InChI=1S/C14H19F2NO3S/c15-14(16)21(19,20)13-7-5-12(6-8-13)17-9-1-3-11(17)4-2-10-18/h5-8,11,14,18H,1-4,9-10H2. The largest absolute Gasteiger partial charge is 0.396 e. The van der Waals surface area contributed by atoms with E-state index in [4.69, 9.17) is 5.11 Å². The molecule has 1 aromatic carbocycles. The Hall–Kier alpha value is -1.21. The summed E-state index contributed by atoms with van der Waals surface area (Å²) in [4.78, 5) is 1.79. The third-order valence-corrected chi connectivity index (χ3v) is 5.20. The van der Waals surface area contributed by atoms with E-state index in [0.29, 0.717) is 6.04 Å². The lowest BCUT2D eigenvalue weighted by Gasteiger charge is -2.27. The van der Waals surface area contributed by atoms with Gasteiger partial charge in [0.2, 0.25) is 9.84 Å². The molecule has 21 heavy (non-hydrogen) atoms. The highest BCUT2D eigenvalue weighted by molar-refractivity contribution is 7.91. The number of nitrogens with zero attached hydrogens (tertiary/aromatic N) is 1. The van der Waals surface area contributed by atoms with Crippen molar-refractivity contribution in [3.8, 4) is 0 Å². The molecule has 1 unspecified atom stereocenters. The van der Waals surface area contributed by atoms with Crippen molar-refractivity contribution in [1.82, 2.24) is 0 Å². The number of alkyl halides is 2. The van der Waals surface area contributed by atoms with Gasteiger partial charge < -0.3 is 10.0 Å². The lowest BCUT2D eigenvalue weighted by molar-refractivity contribution is 0.234. The number of sulfone groups is 1. The topological polar surface area (TPSA) is 57.6 Å². The molecular formula is C14H19F2NO3S. The predicted molar refractivity (Wildman–Crippen MR) is 76.3 cm³/mol. The fourth-order valence-corrected chi connectivity index (χ4v) is 3.45. The summed E-state index contributed by atoms with van der Waals surface area (Å²) in [6, 6.07) is 5.94. The molecule has 0 radical (unpaired) electrons. The van der Waals surface area contributed by atoms with Crippen molar-refractivity contribution in [2.75, 3.05) is 18.1 Å². The minimum atomic E-state index is -4.53. The van der Waals surface area contributed by atoms with Gasteiger partial charge in [0.25, 0.3) is 0 Å². The number of halogens is 2. The number of benzene rings is 1. The summed E-state index contributed by atoms with van der Waals surface area (Å²) in [6.45, 7) is 1.01. The third kappa shape index (κ3) is 3.52. The molecule has 4 nitrogen and oxygen atoms in total. The Morgan fingerprint density at radius 3 is 2.52 bits per heavy atom. The fourth-order valence-electron chi connectivity index (χ4n) is 2.73. The van der Waals surface area contributed by atoms with Crippen LogP contribution in [0.25, 0.3) is 0 Å². The maximum Gasteiger partial charge on any atom is 0.341 e. The molecule has 1 saturated heterocycles. The average molecular weight is 319 g/mol. The first kappa shape index (κ1) is 16.2. The Morgan fingerprint density at radius 2 is 1.95 bits per heavy atom. The van der Waals surface area contributed by atoms with E-state index in [9.17, 15) is 17.2 Å². The summed E-state index contributed by atoms with van der Waals surface area (Å²) in [6.07, 6.45) is 3.65. The second-order valence-corrected chi connectivity index (χ2v) is 7.07. The molecule has 1 N–H and O–H groups in total. The van der Waals surface area contributed by atoms with Crippen molar-refractivity contribution in [3.63, 3.8) is 0 Å². The van der Waals surface area contributed by atoms with E-state index in [1.807, 2.05) is 0 Å². The Morgan fingerprint density at radius 1 is 1.29 bits per heavy atom. The molecule has 0 amide bonds. The second-order valence-electron chi connectivity index (χ2n) is 5.15. The minimum absolute atomic E-state index is 0.149. The predicted octanol–water partition coefficient (Wildman–Crippen LogP) is 2.42. The van der Waals surface area contributed by atoms with Gasteiger partial charge in [0.05, 0.1) is 4.90 Å². The molecule has 1 fully saturated rings. The number of hydrogen-bond acceptors (Lipinski definition) is 4. The van der Waals surface area contributed by atoms with Crippen molar-refractivity contribution in [2.45, 2.75) is 42.4 Å². The highest BCUT2D eigenvalue weighted by Crippen LogP contribution is 2.29. The molecule has 118 valence electrons. The summed E-state index contributed by atoms with van der Waals surface area (Å²) >= 11 is 0. The minimum Gasteiger partial charge on any atom is -0.396 e. The Kier molecular flexibility index (Phi) is 5.16. The van der Waals surface area contributed by atoms with Crippen LogP contribution in [0.2, 0.25) is 0 Å². The Labute approximate surface area is 123 Å². The van der Waals surface area contributed by atoms with Crippen molar-refractivity contribution in [2.24, 2.45) is 0 Å². The Balaban J connectivity index is 2.15. The van der Waals surface area contributed by atoms with Gasteiger partial charge in [-0.25, -0.2) is 8.42 Å². The smallest absolute Gasteiger partial charge is 0.341 e. The molecule has 7 heteroatoms. The SMILES string of the molecule is O=S(=O)(c1ccc(N2CCCC2CCCO)cc1)C(F)F. The van der Waals surface area contributed by atoms with Gasteiger partial charge in [0, 0.05) is 24.9 Å². The van der Waals surface area contributed by atoms with E-state index >= 15 is 0 Å². The zero-order chi connectivity index (χ0) is 15.5. The molecule has 0 bridgehead atoms. The normalized spacial score (nSPS) is 19.4. The van der Waals surface area contributed by atoms with Crippen LogP contribution in [-0.2, 0) is 9.84 Å².